The highest BCUT2D eigenvalue weighted by atomic mass is 32.2. The van der Waals surface area contributed by atoms with Crippen molar-refractivity contribution in [3.63, 3.8) is 0 Å². The summed E-state index contributed by atoms with van der Waals surface area (Å²) in [5.41, 5.74) is 0. The number of sulfonamides is 1. The molecule has 0 saturated heterocycles. The summed E-state index contributed by atoms with van der Waals surface area (Å²) in [6.07, 6.45) is 5.35. The van der Waals surface area contributed by atoms with E-state index >= 15 is 0 Å². The molecular formula is C10H17N3O2S. The third-order valence-corrected chi connectivity index (χ3v) is 4.63. The highest BCUT2D eigenvalue weighted by Crippen LogP contribution is 2.25. The van der Waals surface area contributed by atoms with Crippen LogP contribution in [-0.4, -0.2) is 24.0 Å². The minimum Gasteiger partial charge on any atom is -0.334 e. The van der Waals surface area contributed by atoms with E-state index in [2.05, 4.69) is 9.71 Å². The Morgan fingerprint density at radius 3 is 2.88 bits per heavy atom. The number of imidazole rings is 1. The van der Waals surface area contributed by atoms with E-state index in [0.29, 0.717) is 5.82 Å². The minimum atomic E-state index is -3.29. The summed E-state index contributed by atoms with van der Waals surface area (Å²) in [7, 11) is -3.29. The quantitative estimate of drug-likeness (QED) is 0.840. The maximum absolute atomic E-state index is 12.0. The van der Waals surface area contributed by atoms with Gasteiger partial charge in [0, 0.05) is 25.0 Å². The summed E-state index contributed by atoms with van der Waals surface area (Å²) in [6.45, 7) is 4.39. The van der Waals surface area contributed by atoms with E-state index < -0.39 is 15.3 Å². The molecular weight excluding hydrogens is 226 g/mol. The molecule has 0 spiro atoms. The third-order valence-electron chi connectivity index (χ3n) is 2.83. The molecule has 1 aliphatic rings. The van der Waals surface area contributed by atoms with Gasteiger partial charge in [0.2, 0.25) is 10.0 Å². The number of hydrogen-bond donors (Lipinski definition) is 1. The molecule has 1 aromatic rings. The van der Waals surface area contributed by atoms with Gasteiger partial charge < -0.3 is 4.57 Å². The number of rotatable bonds is 5. The van der Waals surface area contributed by atoms with E-state index in [9.17, 15) is 8.42 Å². The second kappa shape index (κ2) is 4.18. The van der Waals surface area contributed by atoms with Crippen LogP contribution < -0.4 is 4.72 Å². The van der Waals surface area contributed by atoms with Gasteiger partial charge in [-0.3, -0.25) is 0 Å². The Kier molecular flexibility index (Phi) is 3.03. The first-order valence-electron chi connectivity index (χ1n) is 5.56. The molecule has 0 amide bonds. The number of hydrogen-bond acceptors (Lipinski definition) is 3. The zero-order valence-corrected chi connectivity index (χ0v) is 10.4. The molecule has 1 heterocycles. The van der Waals surface area contributed by atoms with Gasteiger partial charge in [-0.1, -0.05) is 0 Å². The molecule has 1 atom stereocenters. The van der Waals surface area contributed by atoms with Gasteiger partial charge >= 0.3 is 0 Å². The largest absolute Gasteiger partial charge is 0.334 e. The van der Waals surface area contributed by atoms with Gasteiger partial charge in [-0.25, -0.2) is 18.1 Å². The summed E-state index contributed by atoms with van der Waals surface area (Å²) >= 11 is 0. The maximum atomic E-state index is 12.0. The molecule has 2 rings (SSSR count). The number of aryl methyl sites for hydroxylation is 1. The van der Waals surface area contributed by atoms with Crippen molar-refractivity contribution < 1.29 is 8.42 Å². The van der Waals surface area contributed by atoms with E-state index in [1.165, 1.54) is 0 Å². The molecule has 0 aliphatic heterocycles. The lowest BCUT2D eigenvalue weighted by Gasteiger charge is -2.14. The summed E-state index contributed by atoms with van der Waals surface area (Å²) in [6, 6.07) is 0.150. The van der Waals surface area contributed by atoms with E-state index in [4.69, 9.17) is 0 Å². The first-order valence-corrected chi connectivity index (χ1v) is 7.11. The van der Waals surface area contributed by atoms with E-state index in [-0.39, 0.29) is 6.04 Å². The van der Waals surface area contributed by atoms with Crippen LogP contribution in [0.25, 0.3) is 0 Å². The van der Waals surface area contributed by atoms with Crippen LogP contribution >= 0.6 is 0 Å². The van der Waals surface area contributed by atoms with Gasteiger partial charge in [-0.15, -0.1) is 0 Å². The zero-order chi connectivity index (χ0) is 11.8. The second-order valence-corrected chi connectivity index (χ2v) is 6.18. The minimum absolute atomic E-state index is 0.150. The number of nitrogens with zero attached hydrogens (tertiary/aromatic N) is 2. The van der Waals surface area contributed by atoms with Crippen molar-refractivity contribution >= 4 is 10.0 Å². The Morgan fingerprint density at radius 1 is 1.62 bits per heavy atom. The molecule has 1 unspecified atom stereocenters. The smallest absolute Gasteiger partial charge is 0.221 e. The molecule has 1 N–H and O–H groups in total. The molecule has 16 heavy (non-hydrogen) atoms. The van der Waals surface area contributed by atoms with Crippen molar-refractivity contribution in [2.45, 2.75) is 44.5 Å². The molecule has 0 bridgehead atoms. The van der Waals surface area contributed by atoms with Crippen molar-refractivity contribution in [1.29, 1.82) is 0 Å². The molecule has 6 heteroatoms. The van der Waals surface area contributed by atoms with Crippen LogP contribution in [0.3, 0.4) is 0 Å². The average Bonchev–Trinajstić information content (AvgIpc) is 2.91. The number of aromatic nitrogens is 2. The highest BCUT2D eigenvalue weighted by molar-refractivity contribution is 7.89. The van der Waals surface area contributed by atoms with Crippen molar-refractivity contribution in [3.8, 4) is 0 Å². The average molecular weight is 243 g/mol. The lowest BCUT2D eigenvalue weighted by Crippen LogP contribution is -2.31. The molecule has 0 radical (unpaired) electrons. The molecule has 1 aliphatic carbocycles. The van der Waals surface area contributed by atoms with Crippen molar-refractivity contribution in [2.75, 3.05) is 0 Å². The van der Waals surface area contributed by atoms with Crippen LogP contribution in [0.2, 0.25) is 0 Å². The Hall–Kier alpha value is -0.880. The third kappa shape index (κ3) is 2.27. The maximum Gasteiger partial charge on any atom is 0.221 e. The van der Waals surface area contributed by atoms with Gasteiger partial charge in [-0.2, -0.15) is 0 Å². The predicted molar refractivity (Wildman–Crippen MR) is 61.4 cm³/mol. The van der Waals surface area contributed by atoms with E-state index in [1.54, 1.807) is 19.3 Å². The van der Waals surface area contributed by atoms with Crippen LogP contribution in [0.1, 0.15) is 37.8 Å². The molecule has 1 saturated carbocycles. The van der Waals surface area contributed by atoms with E-state index in [0.717, 1.165) is 19.4 Å². The summed E-state index contributed by atoms with van der Waals surface area (Å²) in [5, 5.41) is -0.594. The Labute approximate surface area is 95.9 Å². The van der Waals surface area contributed by atoms with Crippen molar-refractivity contribution in [3.05, 3.63) is 18.2 Å². The highest BCUT2D eigenvalue weighted by Gasteiger charge is 2.32. The Morgan fingerprint density at radius 2 is 2.31 bits per heavy atom. The summed E-state index contributed by atoms with van der Waals surface area (Å²) in [5.74, 6) is 0.607. The lowest BCUT2D eigenvalue weighted by molar-refractivity contribution is 0.562. The van der Waals surface area contributed by atoms with Crippen LogP contribution in [0, 0.1) is 0 Å². The lowest BCUT2D eigenvalue weighted by atomic mass is 10.4. The molecule has 90 valence electrons. The van der Waals surface area contributed by atoms with Gasteiger partial charge in [0.15, 0.2) is 0 Å². The fourth-order valence-electron chi connectivity index (χ4n) is 1.62. The van der Waals surface area contributed by atoms with Gasteiger partial charge in [0.25, 0.3) is 0 Å². The first-order chi connectivity index (χ1) is 7.54. The van der Waals surface area contributed by atoms with Gasteiger partial charge in [0.1, 0.15) is 11.1 Å². The predicted octanol–water partition coefficient (Wildman–Crippen LogP) is 1.05. The van der Waals surface area contributed by atoms with Crippen LogP contribution in [0.4, 0.5) is 0 Å². The van der Waals surface area contributed by atoms with Gasteiger partial charge in [0.05, 0.1) is 0 Å². The monoisotopic (exact) mass is 243 g/mol. The SMILES string of the molecule is CCn1ccnc1C(C)S(=O)(=O)NC1CC1. The fraction of sp³-hybridized carbons (Fsp3) is 0.700. The topological polar surface area (TPSA) is 64.0 Å². The fourth-order valence-corrected chi connectivity index (χ4v) is 3.00. The van der Waals surface area contributed by atoms with E-state index in [1.807, 2.05) is 11.5 Å². The molecule has 1 aromatic heterocycles. The summed E-state index contributed by atoms with van der Waals surface area (Å²) < 4.78 is 28.5. The molecule has 5 nitrogen and oxygen atoms in total. The zero-order valence-electron chi connectivity index (χ0n) is 9.55. The Bertz CT molecular complexity index is 462. The van der Waals surface area contributed by atoms with Crippen LogP contribution in [-0.2, 0) is 16.6 Å². The normalized spacial score (nSPS) is 18.6. The van der Waals surface area contributed by atoms with Gasteiger partial charge in [-0.05, 0) is 26.7 Å². The molecule has 0 aromatic carbocycles. The first kappa shape index (κ1) is 11.6. The summed E-state index contributed by atoms with van der Waals surface area (Å²) in [4.78, 5) is 4.12. The van der Waals surface area contributed by atoms with Crippen LogP contribution in [0.5, 0.6) is 0 Å². The van der Waals surface area contributed by atoms with Crippen LogP contribution in [0.15, 0.2) is 12.4 Å². The second-order valence-electron chi connectivity index (χ2n) is 4.15. The van der Waals surface area contributed by atoms with Crippen molar-refractivity contribution in [2.24, 2.45) is 0 Å². The van der Waals surface area contributed by atoms with Crippen molar-refractivity contribution in [1.82, 2.24) is 14.3 Å². The standard InChI is InChI=1S/C10H17N3O2S/c1-3-13-7-6-11-10(13)8(2)16(14,15)12-9-4-5-9/h6-9,12H,3-5H2,1-2H3. The number of nitrogens with one attached hydrogen (secondary N) is 1. The molecule has 1 fully saturated rings. The Balaban J connectivity index is 2.19.